The van der Waals surface area contributed by atoms with Gasteiger partial charge in [-0.1, -0.05) is 206 Å². The van der Waals surface area contributed by atoms with Gasteiger partial charge in [-0.25, -0.2) is 0 Å². The maximum absolute atomic E-state index is 7.22. The van der Waals surface area contributed by atoms with Crippen LogP contribution in [0.4, 0.5) is 17.1 Å². The Morgan fingerprint density at radius 2 is 0.841 bits per heavy atom. The molecule has 0 amide bonds. The molecule has 0 bridgehead atoms. The van der Waals surface area contributed by atoms with E-state index in [0.717, 1.165) is 55.7 Å². The van der Waals surface area contributed by atoms with Crippen LogP contribution in [-0.2, 0) is 5.41 Å². The van der Waals surface area contributed by atoms with Gasteiger partial charge >= 0.3 is 0 Å². The van der Waals surface area contributed by atoms with Gasteiger partial charge in [-0.15, -0.1) is 0 Å². The lowest BCUT2D eigenvalue weighted by atomic mass is 9.65. The Kier molecular flexibility index (Phi) is 7.85. The summed E-state index contributed by atoms with van der Waals surface area (Å²) in [7, 11) is 0. The summed E-state index contributed by atoms with van der Waals surface area (Å²) >= 11 is 0. The molecule has 2 nitrogen and oxygen atoms in total. The predicted octanol–water partition coefficient (Wildman–Crippen LogP) is 16.4. The first-order valence-corrected chi connectivity index (χ1v) is 21.8. The Hall–Kier alpha value is -8.20. The van der Waals surface area contributed by atoms with Gasteiger partial charge in [-0.05, 0) is 91.0 Å². The summed E-state index contributed by atoms with van der Waals surface area (Å²) in [5.41, 5.74) is 14.8. The zero-order chi connectivity index (χ0) is 41.5. The van der Waals surface area contributed by atoms with Gasteiger partial charge in [0.05, 0.1) is 11.1 Å². The second-order valence-electron chi connectivity index (χ2n) is 16.7. The molecule has 11 aromatic rings. The second kappa shape index (κ2) is 13.9. The molecule has 0 saturated carbocycles. The maximum atomic E-state index is 7.22. The van der Waals surface area contributed by atoms with Crippen LogP contribution in [0, 0.1) is 0 Å². The molecule has 1 aliphatic carbocycles. The van der Waals surface area contributed by atoms with Gasteiger partial charge in [-0.2, -0.15) is 0 Å². The Labute approximate surface area is 366 Å². The highest BCUT2D eigenvalue weighted by Crippen LogP contribution is 2.65. The van der Waals surface area contributed by atoms with Gasteiger partial charge in [0.1, 0.15) is 11.5 Å². The number of anilines is 3. The molecule has 1 spiro atoms. The fraction of sp³-hybridized carbons (Fsp3) is 0.0164. The molecule has 0 radical (unpaired) electrons. The van der Waals surface area contributed by atoms with E-state index in [1.165, 1.54) is 60.8 Å². The van der Waals surface area contributed by atoms with Crippen molar-refractivity contribution in [1.29, 1.82) is 0 Å². The predicted molar refractivity (Wildman–Crippen MR) is 262 cm³/mol. The summed E-state index contributed by atoms with van der Waals surface area (Å²) in [6.45, 7) is 0. The summed E-state index contributed by atoms with van der Waals surface area (Å²) in [4.78, 5) is 2.42. The smallest absolute Gasteiger partial charge is 0.140 e. The molecule has 0 N–H and O–H groups in total. The first kappa shape index (κ1) is 35.5. The van der Waals surface area contributed by atoms with Crippen LogP contribution in [0.5, 0.6) is 11.5 Å². The van der Waals surface area contributed by atoms with E-state index < -0.39 is 5.41 Å². The number of fused-ring (bicyclic) bond motifs is 14. The third-order valence-electron chi connectivity index (χ3n) is 13.5. The number of hydrogen-bond acceptors (Lipinski definition) is 2. The fourth-order valence-corrected chi connectivity index (χ4v) is 10.8. The second-order valence-corrected chi connectivity index (χ2v) is 16.7. The summed E-state index contributed by atoms with van der Waals surface area (Å²) in [6, 6.07) is 86.4. The molecule has 1 aliphatic heterocycles. The topological polar surface area (TPSA) is 12.5 Å². The van der Waals surface area contributed by atoms with E-state index in [-0.39, 0.29) is 0 Å². The molecule has 11 aromatic carbocycles. The van der Waals surface area contributed by atoms with Crippen molar-refractivity contribution in [2.24, 2.45) is 0 Å². The van der Waals surface area contributed by atoms with Crippen molar-refractivity contribution in [3.05, 3.63) is 259 Å². The highest BCUT2D eigenvalue weighted by atomic mass is 16.5. The molecule has 0 atom stereocenters. The molecule has 0 aromatic heterocycles. The Morgan fingerprint density at radius 3 is 1.57 bits per heavy atom. The van der Waals surface area contributed by atoms with E-state index in [1.54, 1.807) is 0 Å². The van der Waals surface area contributed by atoms with E-state index in [0.29, 0.717) is 0 Å². The van der Waals surface area contributed by atoms with Crippen molar-refractivity contribution in [3.63, 3.8) is 0 Å². The van der Waals surface area contributed by atoms with Crippen LogP contribution in [0.2, 0.25) is 0 Å². The summed E-state index contributed by atoms with van der Waals surface area (Å²) in [6.07, 6.45) is 0. The van der Waals surface area contributed by atoms with Gasteiger partial charge in [0, 0.05) is 38.7 Å². The lowest BCUT2D eigenvalue weighted by Crippen LogP contribution is -2.32. The summed E-state index contributed by atoms with van der Waals surface area (Å²) < 4.78 is 7.22. The van der Waals surface area contributed by atoms with Gasteiger partial charge in [0.2, 0.25) is 0 Å². The number of ether oxygens (including phenoxy) is 1. The molecule has 1 heterocycles. The molecular weight excluding hydrogens is 763 g/mol. The van der Waals surface area contributed by atoms with Gasteiger partial charge in [0.15, 0.2) is 0 Å². The first-order chi connectivity index (χ1) is 31.3. The van der Waals surface area contributed by atoms with Crippen LogP contribution in [0.3, 0.4) is 0 Å². The van der Waals surface area contributed by atoms with Crippen molar-refractivity contribution in [2.75, 3.05) is 4.90 Å². The highest BCUT2D eigenvalue weighted by molar-refractivity contribution is 6.03. The zero-order valence-electron chi connectivity index (χ0n) is 34.4. The first-order valence-electron chi connectivity index (χ1n) is 21.8. The van der Waals surface area contributed by atoms with Gasteiger partial charge in [0.25, 0.3) is 0 Å². The van der Waals surface area contributed by atoms with Crippen LogP contribution in [-0.4, -0.2) is 0 Å². The number of rotatable bonds is 5. The zero-order valence-corrected chi connectivity index (χ0v) is 34.4. The van der Waals surface area contributed by atoms with Crippen molar-refractivity contribution in [3.8, 4) is 44.9 Å². The molecule has 0 fully saturated rings. The number of hydrogen-bond donors (Lipinski definition) is 0. The molecule has 13 rings (SSSR count). The van der Waals surface area contributed by atoms with E-state index >= 15 is 0 Å². The molecule has 0 unspecified atom stereocenters. The van der Waals surface area contributed by atoms with Crippen LogP contribution in [0.25, 0.3) is 65.7 Å². The fourth-order valence-electron chi connectivity index (χ4n) is 10.8. The minimum absolute atomic E-state index is 0.619. The number of nitrogens with zero attached hydrogens (tertiary/aromatic N) is 1. The van der Waals surface area contributed by atoms with Crippen LogP contribution in [0.1, 0.15) is 22.3 Å². The maximum Gasteiger partial charge on any atom is 0.140 e. The Bertz CT molecular complexity index is 3520. The molecule has 63 heavy (non-hydrogen) atoms. The van der Waals surface area contributed by atoms with Crippen molar-refractivity contribution in [2.45, 2.75) is 5.41 Å². The monoisotopic (exact) mass is 801 g/mol. The largest absolute Gasteiger partial charge is 0.455 e. The van der Waals surface area contributed by atoms with Crippen molar-refractivity contribution < 1.29 is 4.74 Å². The normalized spacial score (nSPS) is 13.0. The molecule has 2 heteroatoms. The highest BCUT2D eigenvalue weighted by Gasteiger charge is 2.52. The number of benzene rings is 11. The minimum atomic E-state index is -0.619. The SMILES string of the molecule is c1ccc(-c2ccc(N(c3cccc(-c4cccc5c4-c4ccccc4C54c5ccc6ccccc6c5Oc5c4ccc4ccccc54)c3)c3cccc4ccccc34)cc2)cc1. The standard InChI is InChI=1S/C61H39NO/c1-2-15-40(16-3-1)41-31-35-46(36-32-41)62(57-30-13-20-42-17-4-7-23-48(42)57)47-22-12-21-45(39-47)49-27-14-29-54-58(49)52-26-10-11-28-53(52)61(54)55-37-33-43-18-5-8-24-50(43)59(55)63-60-51-25-9-6-19-44(51)34-38-56(60)61/h1-39H. The molecule has 0 saturated heterocycles. The van der Waals surface area contributed by atoms with E-state index in [4.69, 9.17) is 4.74 Å². The lowest BCUT2D eigenvalue weighted by Gasteiger charge is -2.40. The molecular formula is C61H39NO. The van der Waals surface area contributed by atoms with Gasteiger partial charge < -0.3 is 9.64 Å². The Morgan fingerprint density at radius 1 is 0.317 bits per heavy atom. The Balaban J connectivity index is 1.05. The lowest BCUT2D eigenvalue weighted by molar-refractivity contribution is 0.447. The van der Waals surface area contributed by atoms with Gasteiger partial charge in [-0.3, -0.25) is 0 Å². The van der Waals surface area contributed by atoms with Crippen LogP contribution in [0.15, 0.2) is 237 Å². The van der Waals surface area contributed by atoms with Crippen LogP contribution >= 0.6 is 0 Å². The third-order valence-corrected chi connectivity index (χ3v) is 13.5. The van der Waals surface area contributed by atoms with E-state index in [9.17, 15) is 0 Å². The minimum Gasteiger partial charge on any atom is -0.455 e. The molecule has 2 aliphatic rings. The third kappa shape index (κ3) is 5.25. The summed E-state index contributed by atoms with van der Waals surface area (Å²) in [5, 5.41) is 6.97. The van der Waals surface area contributed by atoms with E-state index in [2.05, 4.69) is 241 Å². The quantitative estimate of drug-likeness (QED) is 0.172. The molecule has 294 valence electrons. The van der Waals surface area contributed by atoms with Crippen molar-refractivity contribution >= 4 is 49.4 Å². The van der Waals surface area contributed by atoms with Crippen LogP contribution < -0.4 is 9.64 Å². The average Bonchev–Trinajstić information content (AvgIpc) is 3.65. The van der Waals surface area contributed by atoms with E-state index in [1.807, 2.05) is 0 Å². The summed E-state index contributed by atoms with van der Waals surface area (Å²) in [5.74, 6) is 1.85. The average molecular weight is 802 g/mol. The van der Waals surface area contributed by atoms with Crippen molar-refractivity contribution in [1.82, 2.24) is 0 Å².